The van der Waals surface area contributed by atoms with Crippen LogP contribution in [-0.2, 0) is 0 Å². The van der Waals surface area contributed by atoms with E-state index in [0.29, 0.717) is 0 Å². The number of benzene rings is 12. The number of nitrogens with zero attached hydrogens (tertiary/aromatic N) is 2. The van der Waals surface area contributed by atoms with Crippen molar-refractivity contribution in [3.63, 3.8) is 0 Å². The van der Waals surface area contributed by atoms with E-state index < -0.39 is 0 Å². The first-order valence-corrected chi connectivity index (χ1v) is 22.8. The summed E-state index contributed by atoms with van der Waals surface area (Å²) in [6, 6.07) is 93.3. The highest BCUT2D eigenvalue weighted by molar-refractivity contribution is 6.22. The molecule has 12 aromatic carbocycles. The Morgan fingerprint density at radius 1 is 0.258 bits per heavy atom. The standard InChI is InChI=1S/C64H42N2/c1-4-18-44(19-5-1)63-58-30-15-13-27-53(58)54-38-34-46(40-59(54)64(63)45-20-6-2-7-21-45)43-32-35-49(36-33-43)65(61-41-47-22-10-11-25-51(47)52-26-12-14-28-55(52)61)50-37-39-57-56-29-16-17-31-60(56)66(62(57)42-50)48-23-8-3-9-24-48/h1-42H. The Morgan fingerprint density at radius 3 is 1.45 bits per heavy atom. The zero-order valence-electron chi connectivity index (χ0n) is 36.1. The average molecular weight is 839 g/mol. The minimum Gasteiger partial charge on any atom is -0.310 e. The van der Waals surface area contributed by atoms with Crippen LogP contribution in [0.2, 0.25) is 0 Å². The molecule has 66 heavy (non-hydrogen) atoms. The maximum absolute atomic E-state index is 2.46. The van der Waals surface area contributed by atoms with Gasteiger partial charge in [0.25, 0.3) is 0 Å². The molecule has 0 saturated carbocycles. The summed E-state index contributed by atoms with van der Waals surface area (Å²) in [5.41, 5.74) is 14.1. The Kier molecular flexibility index (Phi) is 8.89. The summed E-state index contributed by atoms with van der Waals surface area (Å²) in [6.45, 7) is 0. The molecule has 13 aromatic rings. The zero-order valence-corrected chi connectivity index (χ0v) is 36.1. The van der Waals surface area contributed by atoms with Crippen molar-refractivity contribution >= 4 is 82.0 Å². The Morgan fingerprint density at radius 2 is 0.742 bits per heavy atom. The number of para-hydroxylation sites is 2. The fourth-order valence-electron chi connectivity index (χ4n) is 10.6. The molecule has 0 saturated heterocycles. The van der Waals surface area contributed by atoms with Crippen LogP contribution in [0.1, 0.15) is 0 Å². The van der Waals surface area contributed by atoms with Crippen LogP contribution in [0.3, 0.4) is 0 Å². The van der Waals surface area contributed by atoms with Crippen LogP contribution in [0, 0.1) is 0 Å². The molecule has 0 N–H and O–H groups in total. The Balaban J connectivity index is 1.02. The fraction of sp³-hybridized carbons (Fsp3) is 0. The van der Waals surface area contributed by atoms with E-state index in [1.807, 2.05) is 0 Å². The zero-order chi connectivity index (χ0) is 43.6. The van der Waals surface area contributed by atoms with Crippen molar-refractivity contribution in [2.24, 2.45) is 0 Å². The second-order valence-corrected chi connectivity index (χ2v) is 17.2. The molecule has 0 atom stereocenters. The van der Waals surface area contributed by atoms with Crippen molar-refractivity contribution in [3.8, 4) is 39.1 Å². The minimum absolute atomic E-state index is 1.09. The molecule has 1 aromatic heterocycles. The number of fused-ring (bicyclic) bond motifs is 9. The van der Waals surface area contributed by atoms with Crippen molar-refractivity contribution in [3.05, 3.63) is 255 Å². The lowest BCUT2D eigenvalue weighted by Crippen LogP contribution is -2.11. The lowest BCUT2D eigenvalue weighted by molar-refractivity contribution is 1.18. The molecule has 2 heteroatoms. The molecule has 0 fully saturated rings. The van der Waals surface area contributed by atoms with Gasteiger partial charge in [-0.05, 0) is 126 Å². The monoisotopic (exact) mass is 838 g/mol. The van der Waals surface area contributed by atoms with Crippen LogP contribution < -0.4 is 4.90 Å². The maximum atomic E-state index is 2.46. The maximum Gasteiger partial charge on any atom is 0.0561 e. The molecular formula is C64H42N2. The summed E-state index contributed by atoms with van der Waals surface area (Å²) in [5.74, 6) is 0. The quantitative estimate of drug-likeness (QED) is 0.145. The van der Waals surface area contributed by atoms with E-state index in [9.17, 15) is 0 Å². The molecule has 13 rings (SSSR count). The van der Waals surface area contributed by atoms with Gasteiger partial charge in [-0.15, -0.1) is 0 Å². The summed E-state index contributed by atoms with van der Waals surface area (Å²) in [4.78, 5) is 2.46. The number of hydrogen-bond donors (Lipinski definition) is 0. The summed E-state index contributed by atoms with van der Waals surface area (Å²) < 4.78 is 2.41. The van der Waals surface area contributed by atoms with Gasteiger partial charge in [-0.1, -0.05) is 200 Å². The van der Waals surface area contributed by atoms with Gasteiger partial charge in [-0.25, -0.2) is 0 Å². The van der Waals surface area contributed by atoms with E-state index in [2.05, 4.69) is 264 Å². The van der Waals surface area contributed by atoms with Gasteiger partial charge in [0.2, 0.25) is 0 Å². The van der Waals surface area contributed by atoms with Crippen molar-refractivity contribution in [2.45, 2.75) is 0 Å². The van der Waals surface area contributed by atoms with Gasteiger partial charge in [0.15, 0.2) is 0 Å². The lowest BCUT2D eigenvalue weighted by atomic mass is 9.84. The first-order valence-electron chi connectivity index (χ1n) is 22.8. The molecule has 0 aliphatic heterocycles. The Labute approximate surface area is 383 Å². The van der Waals surface area contributed by atoms with Crippen molar-refractivity contribution in [1.82, 2.24) is 4.57 Å². The number of aromatic nitrogens is 1. The first kappa shape index (κ1) is 37.8. The third kappa shape index (κ3) is 6.11. The van der Waals surface area contributed by atoms with Crippen LogP contribution in [0.25, 0.3) is 104 Å². The third-order valence-corrected chi connectivity index (χ3v) is 13.5. The number of rotatable bonds is 7. The molecule has 1 heterocycles. The van der Waals surface area contributed by atoms with E-state index in [1.54, 1.807) is 0 Å². The molecule has 0 aliphatic rings. The molecule has 0 amide bonds. The van der Waals surface area contributed by atoms with Gasteiger partial charge < -0.3 is 9.47 Å². The van der Waals surface area contributed by atoms with Crippen LogP contribution in [0.5, 0.6) is 0 Å². The van der Waals surface area contributed by atoms with E-state index in [0.717, 1.165) is 28.3 Å². The van der Waals surface area contributed by atoms with Crippen LogP contribution >= 0.6 is 0 Å². The normalized spacial score (nSPS) is 11.6. The predicted octanol–water partition coefficient (Wildman–Crippen LogP) is 17.9. The summed E-state index contributed by atoms with van der Waals surface area (Å²) in [6.07, 6.45) is 0. The Hall–Kier alpha value is -8.72. The second kappa shape index (κ2) is 15.5. The smallest absolute Gasteiger partial charge is 0.0561 e. The van der Waals surface area contributed by atoms with Gasteiger partial charge in [0.1, 0.15) is 0 Å². The molecule has 308 valence electrons. The summed E-state index contributed by atoms with van der Waals surface area (Å²) >= 11 is 0. The third-order valence-electron chi connectivity index (χ3n) is 13.5. The van der Waals surface area contributed by atoms with Crippen LogP contribution in [0.15, 0.2) is 255 Å². The van der Waals surface area contributed by atoms with E-state index >= 15 is 0 Å². The summed E-state index contributed by atoms with van der Waals surface area (Å²) in [5, 5.41) is 12.4. The minimum atomic E-state index is 1.09. The highest BCUT2D eigenvalue weighted by Crippen LogP contribution is 2.47. The molecule has 0 unspecified atom stereocenters. The first-order chi connectivity index (χ1) is 32.8. The van der Waals surface area contributed by atoms with Gasteiger partial charge in [-0.3, -0.25) is 0 Å². The number of anilines is 3. The molecule has 0 bridgehead atoms. The van der Waals surface area contributed by atoms with Crippen molar-refractivity contribution < 1.29 is 0 Å². The highest BCUT2D eigenvalue weighted by Gasteiger charge is 2.22. The molecular weight excluding hydrogens is 797 g/mol. The van der Waals surface area contributed by atoms with Crippen LogP contribution in [-0.4, -0.2) is 4.57 Å². The van der Waals surface area contributed by atoms with Gasteiger partial charge in [-0.2, -0.15) is 0 Å². The fourth-order valence-corrected chi connectivity index (χ4v) is 10.6. The van der Waals surface area contributed by atoms with Crippen LogP contribution in [0.4, 0.5) is 17.1 Å². The van der Waals surface area contributed by atoms with Gasteiger partial charge in [0.05, 0.1) is 16.7 Å². The molecule has 0 spiro atoms. The van der Waals surface area contributed by atoms with E-state index in [4.69, 9.17) is 0 Å². The topological polar surface area (TPSA) is 8.17 Å². The van der Waals surface area contributed by atoms with Gasteiger partial charge in [0, 0.05) is 33.2 Å². The van der Waals surface area contributed by atoms with Gasteiger partial charge >= 0.3 is 0 Å². The number of hydrogen-bond acceptors (Lipinski definition) is 1. The highest BCUT2D eigenvalue weighted by atomic mass is 15.1. The molecule has 0 aliphatic carbocycles. The molecule has 0 radical (unpaired) electrons. The van der Waals surface area contributed by atoms with E-state index in [1.165, 1.54) is 92.7 Å². The van der Waals surface area contributed by atoms with E-state index in [-0.39, 0.29) is 0 Å². The second-order valence-electron chi connectivity index (χ2n) is 17.2. The largest absolute Gasteiger partial charge is 0.310 e. The summed E-state index contributed by atoms with van der Waals surface area (Å²) in [7, 11) is 0. The Bertz CT molecular complexity index is 3960. The predicted molar refractivity (Wildman–Crippen MR) is 282 cm³/mol. The lowest BCUT2D eigenvalue weighted by Gasteiger charge is -2.28. The SMILES string of the molecule is c1ccc(-c2c(-c3ccccc3)c3cc(-c4ccc(N(c5ccc6c7ccccc7n(-c7ccccc7)c6c5)c5cc6ccccc6c6ccccc56)cc4)ccc3c3ccccc23)cc1. The van der Waals surface area contributed by atoms with Crippen molar-refractivity contribution in [2.75, 3.05) is 4.90 Å². The van der Waals surface area contributed by atoms with Crippen molar-refractivity contribution in [1.29, 1.82) is 0 Å². The molecule has 2 nitrogen and oxygen atoms in total. The average Bonchev–Trinajstić information content (AvgIpc) is 3.73.